The van der Waals surface area contributed by atoms with Gasteiger partial charge in [-0.25, -0.2) is 0 Å². The van der Waals surface area contributed by atoms with E-state index in [1.807, 2.05) is 0 Å². The number of hydrogen-bond donors (Lipinski definition) is 1. The lowest BCUT2D eigenvalue weighted by Gasteiger charge is -2.53. The molecule has 0 spiro atoms. The van der Waals surface area contributed by atoms with Crippen molar-refractivity contribution < 1.29 is 0 Å². The number of nitrogens with one attached hydrogen (secondary N) is 1. The molecule has 12 heavy (non-hydrogen) atoms. The van der Waals surface area contributed by atoms with Gasteiger partial charge in [-0.1, -0.05) is 0 Å². The van der Waals surface area contributed by atoms with Crippen LogP contribution in [0, 0.1) is 0 Å². The SMILES string of the molecule is CN1[SiH2]N[Si](C)(C)N(C)[Si]1(C)C. The van der Waals surface area contributed by atoms with Crippen LogP contribution < -0.4 is 4.65 Å². The van der Waals surface area contributed by atoms with Crippen molar-refractivity contribution in [2.24, 2.45) is 0 Å². The first-order chi connectivity index (χ1) is 5.28. The fourth-order valence-corrected chi connectivity index (χ4v) is 15.5. The quantitative estimate of drug-likeness (QED) is 0.572. The zero-order valence-electron chi connectivity index (χ0n) is 9.10. The van der Waals surface area contributed by atoms with Crippen LogP contribution in [0.25, 0.3) is 0 Å². The van der Waals surface area contributed by atoms with Crippen molar-refractivity contribution in [3.63, 3.8) is 0 Å². The monoisotopic (exact) mass is 219 g/mol. The molecule has 1 saturated heterocycles. The van der Waals surface area contributed by atoms with Crippen molar-refractivity contribution >= 4 is 26.6 Å². The standard InChI is InChI=1S/C6H21N3Si3/c1-8-10-7-11(3,4)9(2)12(8,5)6/h7H,10H2,1-6H3. The van der Waals surface area contributed by atoms with Gasteiger partial charge < -0.3 is 13.1 Å². The van der Waals surface area contributed by atoms with E-state index >= 15 is 0 Å². The summed E-state index contributed by atoms with van der Waals surface area (Å²) in [5.74, 6) is 0. The molecule has 0 amide bonds. The molecule has 0 aromatic heterocycles. The van der Waals surface area contributed by atoms with Gasteiger partial charge in [0, 0.05) is 0 Å². The van der Waals surface area contributed by atoms with Gasteiger partial charge >= 0.3 is 0 Å². The van der Waals surface area contributed by atoms with Crippen molar-refractivity contribution in [3.8, 4) is 0 Å². The van der Waals surface area contributed by atoms with E-state index in [9.17, 15) is 0 Å². The molecule has 0 aromatic carbocycles. The van der Waals surface area contributed by atoms with Crippen LogP contribution >= 0.6 is 0 Å². The smallest absolute Gasteiger partial charge is 0.188 e. The van der Waals surface area contributed by atoms with Gasteiger partial charge in [0.05, 0.1) is 0 Å². The van der Waals surface area contributed by atoms with Crippen LogP contribution in [-0.4, -0.2) is 49.2 Å². The number of rotatable bonds is 0. The minimum Gasteiger partial charge on any atom is -0.341 e. The normalized spacial score (nSPS) is 32.5. The molecule has 72 valence electrons. The summed E-state index contributed by atoms with van der Waals surface area (Å²) < 4.78 is 9.06. The van der Waals surface area contributed by atoms with Crippen LogP contribution in [0.3, 0.4) is 0 Å². The molecule has 0 bridgehead atoms. The van der Waals surface area contributed by atoms with Gasteiger partial charge in [-0.2, -0.15) is 0 Å². The van der Waals surface area contributed by atoms with Gasteiger partial charge in [0.2, 0.25) is 0 Å². The zero-order chi connectivity index (χ0) is 9.57. The Morgan fingerprint density at radius 2 is 1.58 bits per heavy atom. The van der Waals surface area contributed by atoms with Crippen LogP contribution in [0.4, 0.5) is 0 Å². The van der Waals surface area contributed by atoms with E-state index in [0.717, 1.165) is 0 Å². The van der Waals surface area contributed by atoms with Crippen molar-refractivity contribution in [2.45, 2.75) is 26.2 Å². The van der Waals surface area contributed by atoms with E-state index in [2.05, 4.69) is 53.4 Å². The van der Waals surface area contributed by atoms with Crippen LogP contribution in [0.2, 0.25) is 26.2 Å². The maximum absolute atomic E-state index is 3.78. The predicted molar refractivity (Wildman–Crippen MR) is 62.2 cm³/mol. The molecule has 1 aliphatic heterocycles. The Kier molecular flexibility index (Phi) is 2.68. The van der Waals surface area contributed by atoms with E-state index in [1.54, 1.807) is 0 Å². The van der Waals surface area contributed by atoms with Gasteiger partial charge in [-0.15, -0.1) is 0 Å². The molecule has 1 fully saturated rings. The highest BCUT2D eigenvalue weighted by Gasteiger charge is 2.45. The fraction of sp³-hybridized carbons (Fsp3) is 1.00. The van der Waals surface area contributed by atoms with E-state index < -0.39 is 16.8 Å². The van der Waals surface area contributed by atoms with Crippen LogP contribution in [0.15, 0.2) is 0 Å². The molecule has 1 N–H and O–H groups in total. The topological polar surface area (TPSA) is 18.5 Å². The maximum atomic E-state index is 3.78. The van der Waals surface area contributed by atoms with Crippen molar-refractivity contribution in [3.05, 3.63) is 0 Å². The molecule has 6 heteroatoms. The molecule has 0 saturated carbocycles. The average molecular weight is 220 g/mol. The second-order valence-electron chi connectivity index (χ2n) is 4.65. The Bertz CT molecular complexity index is 183. The molecule has 0 aromatic rings. The van der Waals surface area contributed by atoms with Crippen LogP contribution in [0.5, 0.6) is 0 Å². The summed E-state index contributed by atoms with van der Waals surface area (Å²) in [4.78, 5) is 0. The molecule has 0 unspecified atom stereocenters. The van der Waals surface area contributed by atoms with E-state index in [4.69, 9.17) is 0 Å². The van der Waals surface area contributed by atoms with E-state index in [-0.39, 0.29) is 9.84 Å². The van der Waals surface area contributed by atoms with Gasteiger partial charge in [0.1, 0.15) is 0 Å². The minimum atomic E-state index is -1.21. The van der Waals surface area contributed by atoms with Gasteiger partial charge in [0.25, 0.3) is 0 Å². The first-order valence-corrected chi connectivity index (χ1v) is 11.7. The summed E-state index contributed by atoms with van der Waals surface area (Å²) >= 11 is 0. The first-order valence-electron chi connectivity index (χ1n) is 4.49. The summed E-state index contributed by atoms with van der Waals surface area (Å²) in [5.41, 5.74) is 0. The molecule has 1 aliphatic rings. The Labute approximate surface area is 80.4 Å². The van der Waals surface area contributed by atoms with Crippen LogP contribution in [-0.2, 0) is 0 Å². The molecule has 0 aliphatic carbocycles. The molecule has 1 rings (SSSR count). The maximum Gasteiger partial charge on any atom is 0.188 e. The van der Waals surface area contributed by atoms with Gasteiger partial charge in [-0.3, -0.25) is 0 Å². The lowest BCUT2D eigenvalue weighted by molar-refractivity contribution is 0.600. The Balaban J connectivity index is 2.86. The fourth-order valence-electron chi connectivity index (χ4n) is 1.56. The molecule has 0 atom stereocenters. The predicted octanol–water partition coefficient (Wildman–Crippen LogP) is -0.144. The highest BCUT2D eigenvalue weighted by molar-refractivity contribution is 6.96. The molecular formula is C6H21N3Si3. The van der Waals surface area contributed by atoms with Crippen LogP contribution in [0.1, 0.15) is 0 Å². The summed E-state index contributed by atoms with van der Waals surface area (Å²) in [5, 5.41) is 0. The summed E-state index contributed by atoms with van der Waals surface area (Å²) in [6.07, 6.45) is 0. The lowest BCUT2D eigenvalue weighted by Crippen LogP contribution is -2.79. The zero-order valence-corrected chi connectivity index (χ0v) is 12.5. The third kappa shape index (κ3) is 1.59. The molecular weight excluding hydrogens is 198 g/mol. The Morgan fingerprint density at radius 1 is 1.08 bits per heavy atom. The second kappa shape index (κ2) is 3.03. The third-order valence-corrected chi connectivity index (χ3v) is 19.2. The third-order valence-electron chi connectivity index (χ3n) is 3.34. The minimum absolute atomic E-state index is 0.142. The summed E-state index contributed by atoms with van der Waals surface area (Å²) in [6, 6.07) is 0. The molecule has 0 radical (unpaired) electrons. The Morgan fingerprint density at radius 3 is 2.00 bits per heavy atom. The number of hydrogen-bond acceptors (Lipinski definition) is 3. The van der Waals surface area contributed by atoms with E-state index in [0.29, 0.717) is 0 Å². The van der Waals surface area contributed by atoms with Crippen molar-refractivity contribution in [2.75, 3.05) is 14.1 Å². The first kappa shape index (κ1) is 10.6. The van der Waals surface area contributed by atoms with Crippen molar-refractivity contribution in [1.29, 1.82) is 0 Å². The average Bonchev–Trinajstić information content (AvgIpc) is 1.96. The summed E-state index contributed by atoms with van der Waals surface area (Å²) in [7, 11) is 2.03. The molecule has 1 heterocycles. The summed E-state index contributed by atoms with van der Waals surface area (Å²) in [6.45, 7) is 9.74. The van der Waals surface area contributed by atoms with Gasteiger partial charge in [0.15, 0.2) is 26.6 Å². The second-order valence-corrected chi connectivity index (χ2v) is 16.6. The largest absolute Gasteiger partial charge is 0.341 e. The lowest BCUT2D eigenvalue weighted by atomic mass is 11.6. The van der Waals surface area contributed by atoms with Crippen molar-refractivity contribution in [1.82, 2.24) is 13.1 Å². The number of nitrogens with zero attached hydrogens (tertiary/aromatic N) is 2. The molecule has 3 nitrogen and oxygen atoms in total. The Hall–Kier alpha value is 0.531. The van der Waals surface area contributed by atoms with E-state index in [1.165, 1.54) is 0 Å². The highest BCUT2D eigenvalue weighted by Crippen LogP contribution is 2.20. The highest BCUT2D eigenvalue weighted by atomic mass is 28.5. The van der Waals surface area contributed by atoms with Gasteiger partial charge in [-0.05, 0) is 40.3 Å².